The molecule has 5 nitrogen and oxygen atoms in total. The number of carbonyl (C=O) groups excluding carboxylic acids is 1. The Hall–Kier alpha value is -2.30. The summed E-state index contributed by atoms with van der Waals surface area (Å²) in [4.78, 5) is 15.8. The zero-order chi connectivity index (χ0) is 13.3. The minimum Gasteiger partial charge on any atom is -0.494 e. The van der Waals surface area contributed by atoms with Crippen molar-refractivity contribution < 1.29 is 14.3 Å². The Kier molecular flexibility index (Phi) is 3.06. The third-order valence-corrected chi connectivity index (χ3v) is 2.86. The predicted octanol–water partition coefficient (Wildman–Crippen LogP) is 1.92. The van der Waals surface area contributed by atoms with E-state index in [2.05, 4.69) is 9.72 Å². The second-order valence-corrected chi connectivity index (χ2v) is 3.89. The van der Waals surface area contributed by atoms with Gasteiger partial charge in [-0.2, -0.15) is 0 Å². The van der Waals surface area contributed by atoms with E-state index in [9.17, 15) is 4.79 Å². The molecule has 5 heteroatoms. The van der Waals surface area contributed by atoms with E-state index in [1.54, 1.807) is 7.11 Å². The largest absolute Gasteiger partial charge is 0.494 e. The number of nitrogens with two attached hydrogens (primary N) is 1. The van der Waals surface area contributed by atoms with Crippen LogP contribution in [0.25, 0.3) is 10.9 Å². The summed E-state index contributed by atoms with van der Waals surface area (Å²) in [7, 11) is 2.88. The summed E-state index contributed by atoms with van der Waals surface area (Å²) in [5.74, 6) is 0.128. The summed E-state index contributed by atoms with van der Waals surface area (Å²) >= 11 is 0. The predicted molar refractivity (Wildman–Crippen MR) is 68.8 cm³/mol. The van der Waals surface area contributed by atoms with E-state index in [1.165, 1.54) is 13.3 Å². The Labute approximate surface area is 105 Å². The van der Waals surface area contributed by atoms with Crippen molar-refractivity contribution in [2.45, 2.75) is 6.92 Å². The van der Waals surface area contributed by atoms with Crippen LogP contribution >= 0.6 is 0 Å². The van der Waals surface area contributed by atoms with E-state index in [-0.39, 0.29) is 5.56 Å². The van der Waals surface area contributed by atoms with Gasteiger partial charge in [0.15, 0.2) is 0 Å². The molecular weight excluding hydrogens is 232 g/mol. The van der Waals surface area contributed by atoms with E-state index < -0.39 is 5.97 Å². The van der Waals surface area contributed by atoms with E-state index in [0.717, 1.165) is 10.9 Å². The third kappa shape index (κ3) is 1.73. The summed E-state index contributed by atoms with van der Waals surface area (Å²) in [6, 6.07) is 3.70. The van der Waals surface area contributed by atoms with Crippen molar-refractivity contribution in [2.24, 2.45) is 0 Å². The van der Waals surface area contributed by atoms with Crippen molar-refractivity contribution in [3.8, 4) is 5.75 Å². The fraction of sp³-hybridized carbons (Fsp3) is 0.231. The Morgan fingerprint density at radius 2 is 2.06 bits per heavy atom. The van der Waals surface area contributed by atoms with E-state index in [4.69, 9.17) is 10.5 Å². The second kappa shape index (κ2) is 4.52. The molecule has 0 amide bonds. The lowest BCUT2D eigenvalue weighted by Crippen LogP contribution is -2.07. The number of aromatic nitrogens is 1. The van der Waals surface area contributed by atoms with Crippen LogP contribution in [0.3, 0.4) is 0 Å². The highest BCUT2D eigenvalue weighted by Gasteiger charge is 2.16. The highest BCUT2D eigenvalue weighted by atomic mass is 16.5. The van der Waals surface area contributed by atoms with Crippen molar-refractivity contribution in [1.82, 2.24) is 4.98 Å². The van der Waals surface area contributed by atoms with Crippen molar-refractivity contribution >= 4 is 22.6 Å². The Morgan fingerprint density at radius 1 is 1.33 bits per heavy atom. The lowest BCUT2D eigenvalue weighted by molar-refractivity contribution is 0.0601. The number of hydrogen-bond acceptors (Lipinski definition) is 5. The van der Waals surface area contributed by atoms with Gasteiger partial charge in [0.05, 0.1) is 19.9 Å². The fourth-order valence-corrected chi connectivity index (χ4v) is 1.91. The lowest BCUT2D eigenvalue weighted by atomic mass is 10.0. The first kappa shape index (κ1) is 12.2. The molecule has 1 heterocycles. The molecule has 0 unspecified atom stereocenters. The maximum absolute atomic E-state index is 11.6. The SMILES string of the molecule is COC(=O)c1cnc2c(OC)ccc(C)c2c1N. The first-order valence-electron chi connectivity index (χ1n) is 5.40. The Morgan fingerprint density at radius 3 is 2.67 bits per heavy atom. The first-order valence-corrected chi connectivity index (χ1v) is 5.40. The number of esters is 1. The molecule has 0 saturated carbocycles. The number of pyridine rings is 1. The van der Waals surface area contributed by atoms with Gasteiger partial charge in [0.25, 0.3) is 0 Å². The Bertz CT molecular complexity index is 623. The molecule has 0 fully saturated rings. The highest BCUT2D eigenvalue weighted by Crippen LogP contribution is 2.32. The van der Waals surface area contributed by atoms with Crippen LogP contribution in [0.5, 0.6) is 5.75 Å². The number of carbonyl (C=O) groups is 1. The van der Waals surface area contributed by atoms with Crippen LogP contribution < -0.4 is 10.5 Å². The molecule has 0 saturated heterocycles. The topological polar surface area (TPSA) is 74.4 Å². The van der Waals surface area contributed by atoms with Gasteiger partial charge in [0.1, 0.15) is 16.8 Å². The molecule has 2 rings (SSSR count). The summed E-state index contributed by atoms with van der Waals surface area (Å²) in [6.07, 6.45) is 1.41. The van der Waals surface area contributed by atoms with Gasteiger partial charge >= 0.3 is 5.97 Å². The quantitative estimate of drug-likeness (QED) is 0.819. The summed E-state index contributed by atoms with van der Waals surface area (Å²) in [5, 5.41) is 0.720. The number of hydrogen-bond donors (Lipinski definition) is 1. The van der Waals surface area contributed by atoms with Crippen LogP contribution in [-0.4, -0.2) is 25.2 Å². The summed E-state index contributed by atoms with van der Waals surface area (Å²) in [6.45, 7) is 1.90. The molecule has 2 aromatic rings. The molecule has 0 aliphatic rings. The van der Waals surface area contributed by atoms with Crippen LogP contribution in [0.2, 0.25) is 0 Å². The smallest absolute Gasteiger partial charge is 0.341 e. The van der Waals surface area contributed by atoms with Gasteiger partial charge in [-0.25, -0.2) is 4.79 Å². The molecule has 0 aliphatic carbocycles. The van der Waals surface area contributed by atoms with Crippen LogP contribution in [0.1, 0.15) is 15.9 Å². The molecule has 1 aromatic heterocycles. The van der Waals surface area contributed by atoms with Gasteiger partial charge in [-0.1, -0.05) is 6.07 Å². The fourth-order valence-electron chi connectivity index (χ4n) is 1.91. The monoisotopic (exact) mass is 246 g/mol. The molecule has 0 spiro atoms. The van der Waals surface area contributed by atoms with E-state index in [1.807, 2.05) is 19.1 Å². The van der Waals surface area contributed by atoms with Crippen molar-refractivity contribution in [3.63, 3.8) is 0 Å². The number of nitrogen functional groups attached to an aromatic ring is 1. The van der Waals surface area contributed by atoms with E-state index >= 15 is 0 Å². The number of ether oxygens (including phenoxy) is 2. The maximum atomic E-state index is 11.6. The van der Waals surface area contributed by atoms with Crippen molar-refractivity contribution in [2.75, 3.05) is 20.0 Å². The zero-order valence-corrected chi connectivity index (χ0v) is 10.5. The standard InChI is InChI=1S/C13H14N2O3/c1-7-4-5-9(17-2)12-10(7)11(14)8(6-15-12)13(16)18-3/h4-6H,1-3H3,(H2,14,15). The van der Waals surface area contributed by atoms with Crippen molar-refractivity contribution in [1.29, 1.82) is 0 Å². The van der Waals surface area contributed by atoms with Gasteiger partial charge in [-0.3, -0.25) is 4.98 Å². The number of anilines is 1. The normalized spacial score (nSPS) is 10.4. The first-order chi connectivity index (χ1) is 8.60. The molecule has 2 N–H and O–H groups in total. The lowest BCUT2D eigenvalue weighted by Gasteiger charge is -2.11. The highest BCUT2D eigenvalue weighted by molar-refractivity contribution is 6.06. The molecule has 0 aliphatic heterocycles. The zero-order valence-electron chi connectivity index (χ0n) is 10.5. The van der Waals surface area contributed by atoms with Gasteiger partial charge in [0, 0.05) is 11.6 Å². The molecule has 0 bridgehead atoms. The van der Waals surface area contributed by atoms with Gasteiger partial charge in [0.2, 0.25) is 0 Å². The van der Waals surface area contributed by atoms with Crippen LogP contribution in [0, 0.1) is 6.92 Å². The number of methoxy groups -OCH3 is 2. The number of fused-ring (bicyclic) bond motifs is 1. The molecule has 18 heavy (non-hydrogen) atoms. The van der Waals surface area contributed by atoms with Gasteiger partial charge < -0.3 is 15.2 Å². The summed E-state index contributed by atoms with van der Waals surface area (Å²) < 4.78 is 9.90. The van der Waals surface area contributed by atoms with Gasteiger partial charge in [-0.15, -0.1) is 0 Å². The minimum absolute atomic E-state index is 0.265. The second-order valence-electron chi connectivity index (χ2n) is 3.89. The Balaban J connectivity index is 2.82. The number of aryl methyl sites for hydroxylation is 1. The number of rotatable bonds is 2. The molecule has 0 radical (unpaired) electrons. The van der Waals surface area contributed by atoms with Crippen LogP contribution in [0.4, 0.5) is 5.69 Å². The molecule has 94 valence electrons. The van der Waals surface area contributed by atoms with Crippen LogP contribution in [-0.2, 0) is 4.74 Å². The number of benzene rings is 1. The third-order valence-electron chi connectivity index (χ3n) is 2.86. The number of nitrogens with zero attached hydrogens (tertiary/aromatic N) is 1. The average Bonchev–Trinajstić information content (AvgIpc) is 2.38. The minimum atomic E-state index is -0.496. The summed E-state index contributed by atoms with van der Waals surface area (Å²) in [5.41, 5.74) is 8.23. The van der Waals surface area contributed by atoms with E-state index in [0.29, 0.717) is 17.0 Å². The average molecular weight is 246 g/mol. The molecule has 1 aromatic carbocycles. The van der Waals surface area contributed by atoms with Crippen LogP contribution in [0.15, 0.2) is 18.3 Å². The molecular formula is C13H14N2O3. The van der Waals surface area contributed by atoms with Crippen molar-refractivity contribution in [3.05, 3.63) is 29.5 Å². The van der Waals surface area contributed by atoms with Gasteiger partial charge in [-0.05, 0) is 18.6 Å². The molecule has 0 atom stereocenters. The maximum Gasteiger partial charge on any atom is 0.341 e.